The summed E-state index contributed by atoms with van der Waals surface area (Å²) in [5.41, 5.74) is 0. The van der Waals surface area contributed by atoms with Crippen molar-refractivity contribution in [2.75, 3.05) is 0 Å². The molecule has 0 amide bonds. The minimum Gasteiger partial charge on any atom is -0.274 e. The molecular formula is C9H11NS. The number of hydrogen-bond acceptors (Lipinski definition) is 2. The molecule has 0 aromatic heterocycles. The van der Waals surface area contributed by atoms with E-state index < -0.39 is 0 Å². The molecule has 0 aromatic rings. The summed E-state index contributed by atoms with van der Waals surface area (Å²) >= 11 is 1.91. The van der Waals surface area contributed by atoms with Crippen molar-refractivity contribution in [3.8, 4) is 0 Å². The zero-order chi connectivity index (χ0) is 7.68. The Kier molecular flexibility index (Phi) is 1.86. The van der Waals surface area contributed by atoms with Gasteiger partial charge in [-0.2, -0.15) is 0 Å². The Morgan fingerprint density at radius 2 is 2.27 bits per heavy atom. The van der Waals surface area contributed by atoms with Crippen LogP contribution in [0.2, 0.25) is 0 Å². The number of nitrogens with zero attached hydrogens (tertiary/aromatic N) is 1. The Labute approximate surface area is 71.3 Å². The second-order valence-electron chi connectivity index (χ2n) is 2.72. The van der Waals surface area contributed by atoms with Gasteiger partial charge in [-0.1, -0.05) is 31.2 Å². The Morgan fingerprint density at radius 1 is 1.45 bits per heavy atom. The summed E-state index contributed by atoms with van der Waals surface area (Å²) in [6.45, 7) is 2.16. The van der Waals surface area contributed by atoms with Crippen molar-refractivity contribution >= 4 is 16.8 Å². The van der Waals surface area contributed by atoms with Crippen LogP contribution in [0.4, 0.5) is 0 Å². The van der Waals surface area contributed by atoms with Crippen molar-refractivity contribution in [2.45, 2.75) is 24.6 Å². The molecule has 2 unspecified atom stereocenters. The van der Waals surface area contributed by atoms with Crippen molar-refractivity contribution in [2.24, 2.45) is 4.99 Å². The average molecular weight is 165 g/mol. The van der Waals surface area contributed by atoms with E-state index in [0.717, 1.165) is 6.42 Å². The van der Waals surface area contributed by atoms with Crippen LogP contribution in [-0.4, -0.2) is 16.3 Å². The van der Waals surface area contributed by atoms with Gasteiger partial charge in [0.15, 0.2) is 0 Å². The summed E-state index contributed by atoms with van der Waals surface area (Å²) in [6, 6.07) is 0.431. The second kappa shape index (κ2) is 2.86. The summed E-state index contributed by atoms with van der Waals surface area (Å²) in [5.74, 6) is 0. The zero-order valence-corrected chi connectivity index (χ0v) is 7.34. The van der Waals surface area contributed by atoms with Gasteiger partial charge in [-0.25, -0.2) is 0 Å². The van der Waals surface area contributed by atoms with E-state index in [-0.39, 0.29) is 0 Å². The predicted octanol–water partition coefficient (Wildman–Crippen LogP) is 2.40. The van der Waals surface area contributed by atoms with Crippen molar-refractivity contribution in [1.82, 2.24) is 0 Å². The molecule has 1 nitrogen and oxygen atoms in total. The van der Waals surface area contributed by atoms with Crippen molar-refractivity contribution in [3.05, 3.63) is 24.3 Å². The van der Waals surface area contributed by atoms with Crippen LogP contribution < -0.4 is 0 Å². The van der Waals surface area contributed by atoms with E-state index in [1.807, 2.05) is 11.8 Å². The van der Waals surface area contributed by atoms with E-state index in [2.05, 4.69) is 36.2 Å². The third kappa shape index (κ3) is 1.27. The van der Waals surface area contributed by atoms with E-state index in [1.54, 1.807) is 0 Å². The summed E-state index contributed by atoms with van der Waals surface area (Å²) in [4.78, 5) is 4.57. The van der Waals surface area contributed by atoms with Gasteiger partial charge < -0.3 is 0 Å². The number of aliphatic imine (C=N–C) groups is 1. The Balaban J connectivity index is 2.16. The lowest BCUT2D eigenvalue weighted by atomic mass is 10.1. The summed E-state index contributed by atoms with van der Waals surface area (Å²) in [5, 5.41) is 1.89. The highest BCUT2D eigenvalue weighted by Crippen LogP contribution is 2.31. The van der Waals surface area contributed by atoms with Gasteiger partial charge in [0.1, 0.15) is 0 Å². The van der Waals surface area contributed by atoms with Gasteiger partial charge >= 0.3 is 0 Å². The van der Waals surface area contributed by atoms with Crippen LogP contribution in [0.15, 0.2) is 29.3 Å². The lowest BCUT2D eigenvalue weighted by molar-refractivity contribution is 0.859. The molecule has 58 valence electrons. The van der Waals surface area contributed by atoms with Crippen LogP contribution in [0, 0.1) is 0 Å². The summed E-state index contributed by atoms with van der Waals surface area (Å²) < 4.78 is 0. The molecule has 0 aromatic carbocycles. The van der Waals surface area contributed by atoms with Crippen LogP contribution in [-0.2, 0) is 0 Å². The van der Waals surface area contributed by atoms with E-state index in [1.165, 1.54) is 5.04 Å². The van der Waals surface area contributed by atoms with Crippen LogP contribution in [0.5, 0.6) is 0 Å². The zero-order valence-electron chi connectivity index (χ0n) is 6.53. The highest BCUT2D eigenvalue weighted by Gasteiger charge is 2.25. The van der Waals surface area contributed by atoms with Gasteiger partial charge in [-0.3, -0.25) is 4.99 Å². The lowest BCUT2D eigenvalue weighted by Gasteiger charge is -2.10. The van der Waals surface area contributed by atoms with E-state index >= 15 is 0 Å². The Bertz CT molecular complexity index is 240. The molecule has 1 aliphatic carbocycles. The quantitative estimate of drug-likeness (QED) is 0.581. The topological polar surface area (TPSA) is 12.4 Å². The highest BCUT2D eigenvalue weighted by molar-refractivity contribution is 8.14. The molecule has 0 spiro atoms. The lowest BCUT2D eigenvalue weighted by Crippen LogP contribution is -2.13. The fourth-order valence-electron chi connectivity index (χ4n) is 1.33. The molecule has 11 heavy (non-hydrogen) atoms. The standard InChI is InChI=1S/C9H11NS/c1-2-9-10-7-5-3-4-6-8(7)11-9/h3-8H,2H2,1H3. The van der Waals surface area contributed by atoms with Gasteiger partial charge in [-0.15, -0.1) is 11.8 Å². The third-order valence-corrected chi connectivity index (χ3v) is 3.30. The summed E-state index contributed by atoms with van der Waals surface area (Å²) in [6.07, 6.45) is 9.70. The largest absolute Gasteiger partial charge is 0.274 e. The molecule has 2 rings (SSSR count). The molecule has 0 N–H and O–H groups in total. The Morgan fingerprint density at radius 3 is 3.00 bits per heavy atom. The van der Waals surface area contributed by atoms with Gasteiger partial charge in [-0.05, 0) is 6.42 Å². The molecule has 1 heterocycles. The first kappa shape index (κ1) is 7.17. The van der Waals surface area contributed by atoms with Gasteiger partial charge in [0, 0.05) is 0 Å². The van der Waals surface area contributed by atoms with Gasteiger partial charge in [0.05, 0.1) is 16.3 Å². The van der Waals surface area contributed by atoms with Crippen LogP contribution in [0.3, 0.4) is 0 Å². The Hall–Kier alpha value is -0.500. The predicted molar refractivity (Wildman–Crippen MR) is 51.2 cm³/mol. The number of fused-ring (bicyclic) bond motifs is 1. The number of allylic oxidation sites excluding steroid dienone is 2. The summed E-state index contributed by atoms with van der Waals surface area (Å²) in [7, 11) is 0. The molecule has 2 atom stereocenters. The fourth-order valence-corrected chi connectivity index (χ4v) is 2.45. The molecule has 0 saturated carbocycles. The first-order valence-corrected chi connectivity index (χ1v) is 4.86. The first-order valence-electron chi connectivity index (χ1n) is 3.98. The second-order valence-corrected chi connectivity index (χ2v) is 3.97. The maximum absolute atomic E-state index is 4.57. The normalized spacial score (nSPS) is 33.7. The number of thioether (sulfide) groups is 1. The van der Waals surface area contributed by atoms with Crippen LogP contribution in [0.1, 0.15) is 13.3 Å². The average Bonchev–Trinajstić information content (AvgIpc) is 2.46. The number of rotatable bonds is 1. The van der Waals surface area contributed by atoms with Crippen molar-refractivity contribution in [3.63, 3.8) is 0 Å². The smallest absolute Gasteiger partial charge is 0.0850 e. The van der Waals surface area contributed by atoms with E-state index in [0.29, 0.717) is 11.3 Å². The first-order chi connectivity index (χ1) is 5.40. The van der Waals surface area contributed by atoms with Gasteiger partial charge in [0.25, 0.3) is 0 Å². The van der Waals surface area contributed by atoms with Crippen LogP contribution in [0.25, 0.3) is 0 Å². The number of hydrogen-bond donors (Lipinski definition) is 0. The fraction of sp³-hybridized carbons (Fsp3) is 0.444. The molecule has 0 radical (unpaired) electrons. The SMILES string of the molecule is CCC1=NC2C=CC=CC2S1. The van der Waals surface area contributed by atoms with Crippen molar-refractivity contribution in [1.29, 1.82) is 0 Å². The highest BCUT2D eigenvalue weighted by atomic mass is 32.2. The monoisotopic (exact) mass is 165 g/mol. The molecule has 2 aliphatic rings. The maximum Gasteiger partial charge on any atom is 0.0850 e. The molecule has 0 saturated heterocycles. The van der Waals surface area contributed by atoms with Crippen LogP contribution >= 0.6 is 11.8 Å². The van der Waals surface area contributed by atoms with E-state index in [4.69, 9.17) is 0 Å². The maximum atomic E-state index is 4.57. The molecule has 0 fully saturated rings. The minimum absolute atomic E-state index is 0.431. The molecular weight excluding hydrogens is 154 g/mol. The molecule has 1 aliphatic heterocycles. The minimum atomic E-state index is 0.431. The van der Waals surface area contributed by atoms with Gasteiger partial charge in [0.2, 0.25) is 0 Å². The molecule has 2 heteroatoms. The van der Waals surface area contributed by atoms with E-state index in [9.17, 15) is 0 Å². The van der Waals surface area contributed by atoms with Crippen molar-refractivity contribution < 1.29 is 0 Å². The third-order valence-electron chi connectivity index (χ3n) is 1.92. The molecule has 0 bridgehead atoms.